The van der Waals surface area contributed by atoms with Crippen molar-refractivity contribution in [2.24, 2.45) is 23.7 Å². The van der Waals surface area contributed by atoms with Crippen LogP contribution in [0.4, 0.5) is 0 Å². The summed E-state index contributed by atoms with van der Waals surface area (Å²) in [6.07, 6.45) is 3.92. The smallest absolute Gasteiger partial charge is 0.0462 e. The molecule has 12 heavy (non-hydrogen) atoms. The lowest BCUT2D eigenvalue weighted by atomic mass is 9.70. The summed E-state index contributed by atoms with van der Waals surface area (Å²) in [6, 6.07) is 0. The average molecular weight is 170 g/mol. The minimum absolute atomic E-state index is 0.396. The fourth-order valence-electron chi connectivity index (χ4n) is 2.61. The molecule has 0 aromatic carbocycles. The van der Waals surface area contributed by atoms with E-state index in [0.717, 1.165) is 17.8 Å². The van der Waals surface area contributed by atoms with E-state index in [-0.39, 0.29) is 0 Å². The summed E-state index contributed by atoms with van der Waals surface area (Å²) < 4.78 is 0. The summed E-state index contributed by atoms with van der Waals surface area (Å²) >= 11 is 0. The highest BCUT2D eigenvalue weighted by molar-refractivity contribution is 4.79. The largest absolute Gasteiger partial charge is 0.396 e. The summed E-state index contributed by atoms with van der Waals surface area (Å²) in [7, 11) is 0. The van der Waals surface area contributed by atoms with Gasteiger partial charge in [0.25, 0.3) is 0 Å². The molecule has 1 aliphatic carbocycles. The quantitative estimate of drug-likeness (QED) is 0.675. The van der Waals surface area contributed by atoms with Crippen LogP contribution in [0.5, 0.6) is 0 Å². The zero-order valence-electron chi connectivity index (χ0n) is 8.59. The van der Waals surface area contributed by atoms with Gasteiger partial charge in [-0.05, 0) is 36.5 Å². The van der Waals surface area contributed by atoms with E-state index in [1.807, 2.05) is 0 Å². The van der Waals surface area contributed by atoms with Crippen LogP contribution in [0, 0.1) is 23.7 Å². The van der Waals surface area contributed by atoms with E-state index in [1.165, 1.54) is 19.3 Å². The van der Waals surface area contributed by atoms with Gasteiger partial charge in [-0.15, -0.1) is 0 Å². The lowest BCUT2D eigenvalue weighted by molar-refractivity contribution is 0.0834. The predicted molar refractivity (Wildman–Crippen MR) is 51.9 cm³/mol. The summed E-state index contributed by atoms with van der Waals surface area (Å²) in [4.78, 5) is 0. The lowest BCUT2D eigenvalue weighted by Crippen LogP contribution is -2.29. The van der Waals surface area contributed by atoms with E-state index in [2.05, 4.69) is 20.8 Å². The Bertz CT molecular complexity index is 131. The van der Waals surface area contributed by atoms with E-state index in [1.54, 1.807) is 0 Å². The van der Waals surface area contributed by atoms with Gasteiger partial charge in [0.2, 0.25) is 0 Å². The van der Waals surface area contributed by atoms with Crippen LogP contribution >= 0.6 is 0 Å². The van der Waals surface area contributed by atoms with Crippen molar-refractivity contribution in [3.05, 3.63) is 0 Å². The Kier molecular flexibility index (Phi) is 3.57. The topological polar surface area (TPSA) is 20.2 Å². The number of hydrogen-bond acceptors (Lipinski definition) is 1. The highest BCUT2D eigenvalue weighted by Crippen LogP contribution is 2.37. The van der Waals surface area contributed by atoms with Gasteiger partial charge in [0, 0.05) is 6.61 Å². The second kappa shape index (κ2) is 4.27. The molecule has 72 valence electrons. The molecule has 0 aromatic rings. The van der Waals surface area contributed by atoms with Crippen molar-refractivity contribution in [1.29, 1.82) is 0 Å². The minimum Gasteiger partial charge on any atom is -0.396 e. The van der Waals surface area contributed by atoms with E-state index in [9.17, 15) is 5.11 Å². The van der Waals surface area contributed by atoms with Gasteiger partial charge >= 0.3 is 0 Å². The van der Waals surface area contributed by atoms with Crippen LogP contribution in [-0.4, -0.2) is 11.7 Å². The molecule has 1 nitrogen and oxygen atoms in total. The molecule has 0 aromatic heterocycles. The van der Waals surface area contributed by atoms with Crippen molar-refractivity contribution in [3.8, 4) is 0 Å². The molecule has 0 amide bonds. The van der Waals surface area contributed by atoms with Crippen molar-refractivity contribution in [1.82, 2.24) is 0 Å². The highest BCUT2D eigenvalue weighted by Gasteiger charge is 2.29. The van der Waals surface area contributed by atoms with Crippen molar-refractivity contribution in [2.75, 3.05) is 6.61 Å². The molecule has 0 bridgehead atoms. The maximum absolute atomic E-state index is 9.23. The molecule has 1 heteroatoms. The van der Waals surface area contributed by atoms with E-state index in [0.29, 0.717) is 12.5 Å². The Balaban J connectivity index is 2.50. The fraction of sp³-hybridized carbons (Fsp3) is 1.00. The van der Waals surface area contributed by atoms with Gasteiger partial charge in [-0.2, -0.15) is 0 Å². The van der Waals surface area contributed by atoms with E-state index < -0.39 is 0 Å². The predicted octanol–water partition coefficient (Wildman–Crippen LogP) is 2.69. The van der Waals surface area contributed by atoms with Crippen molar-refractivity contribution < 1.29 is 5.11 Å². The van der Waals surface area contributed by atoms with Crippen LogP contribution in [0.2, 0.25) is 0 Å². The molecule has 0 aliphatic heterocycles. The van der Waals surface area contributed by atoms with Crippen molar-refractivity contribution >= 4 is 0 Å². The normalized spacial score (nSPS) is 37.2. The average Bonchev–Trinajstić information content (AvgIpc) is 2.03. The van der Waals surface area contributed by atoms with Gasteiger partial charge in [-0.3, -0.25) is 0 Å². The molecule has 1 saturated carbocycles. The maximum atomic E-state index is 9.23. The monoisotopic (exact) mass is 170 g/mol. The molecule has 0 spiro atoms. The molecular weight excluding hydrogens is 148 g/mol. The van der Waals surface area contributed by atoms with Crippen LogP contribution in [-0.2, 0) is 0 Å². The molecular formula is C11H22O. The summed E-state index contributed by atoms with van der Waals surface area (Å²) in [5.74, 6) is 2.92. The zero-order chi connectivity index (χ0) is 9.14. The zero-order valence-corrected chi connectivity index (χ0v) is 8.59. The molecule has 1 N–H and O–H groups in total. The van der Waals surface area contributed by atoms with Crippen LogP contribution in [0.3, 0.4) is 0 Å². The van der Waals surface area contributed by atoms with Gasteiger partial charge in [-0.25, -0.2) is 0 Å². The third kappa shape index (κ3) is 2.22. The minimum atomic E-state index is 0.396. The first-order valence-electron chi connectivity index (χ1n) is 5.26. The third-order valence-electron chi connectivity index (χ3n) is 3.39. The van der Waals surface area contributed by atoms with E-state index in [4.69, 9.17) is 0 Å². The molecule has 1 fully saturated rings. The van der Waals surface area contributed by atoms with Crippen LogP contribution < -0.4 is 0 Å². The number of rotatable bonds is 2. The molecule has 1 aliphatic rings. The second-order valence-electron chi connectivity index (χ2n) is 4.77. The Morgan fingerprint density at radius 2 is 2.00 bits per heavy atom. The first-order chi connectivity index (χ1) is 5.65. The van der Waals surface area contributed by atoms with Crippen LogP contribution in [0.15, 0.2) is 0 Å². The van der Waals surface area contributed by atoms with Gasteiger partial charge < -0.3 is 5.11 Å². The molecule has 0 radical (unpaired) electrons. The molecule has 0 saturated heterocycles. The number of hydrogen-bond donors (Lipinski definition) is 1. The van der Waals surface area contributed by atoms with Crippen molar-refractivity contribution in [3.63, 3.8) is 0 Å². The first kappa shape index (κ1) is 10.0. The SMILES string of the molecule is CC(C)[C@@H]1CC[C@@H](C)CC1CO. The first-order valence-corrected chi connectivity index (χ1v) is 5.26. The van der Waals surface area contributed by atoms with E-state index >= 15 is 0 Å². The lowest BCUT2D eigenvalue weighted by Gasteiger charge is -2.36. The maximum Gasteiger partial charge on any atom is 0.0462 e. The number of aliphatic hydroxyl groups excluding tert-OH is 1. The van der Waals surface area contributed by atoms with Gasteiger partial charge in [-0.1, -0.05) is 27.2 Å². The van der Waals surface area contributed by atoms with Gasteiger partial charge in [0.1, 0.15) is 0 Å². The Hall–Kier alpha value is -0.0400. The van der Waals surface area contributed by atoms with Gasteiger partial charge in [0.05, 0.1) is 0 Å². The van der Waals surface area contributed by atoms with Crippen LogP contribution in [0.1, 0.15) is 40.0 Å². The Labute approximate surface area is 76.2 Å². The highest BCUT2D eigenvalue weighted by atomic mass is 16.3. The number of aliphatic hydroxyl groups is 1. The fourth-order valence-corrected chi connectivity index (χ4v) is 2.61. The second-order valence-corrected chi connectivity index (χ2v) is 4.77. The summed E-state index contributed by atoms with van der Waals surface area (Å²) in [5.41, 5.74) is 0. The summed E-state index contributed by atoms with van der Waals surface area (Å²) in [6.45, 7) is 7.26. The van der Waals surface area contributed by atoms with Gasteiger partial charge in [0.15, 0.2) is 0 Å². The molecule has 1 unspecified atom stereocenters. The standard InChI is InChI=1S/C11H22O/c1-8(2)11-5-4-9(3)6-10(11)7-12/h8-12H,4-7H2,1-3H3/t9-,10?,11+/m1/s1. The molecule has 1 rings (SSSR count). The Morgan fingerprint density at radius 1 is 1.33 bits per heavy atom. The van der Waals surface area contributed by atoms with Crippen LogP contribution in [0.25, 0.3) is 0 Å². The summed E-state index contributed by atoms with van der Waals surface area (Å²) in [5, 5.41) is 9.23. The molecule has 3 atom stereocenters. The third-order valence-corrected chi connectivity index (χ3v) is 3.39. The van der Waals surface area contributed by atoms with Crippen molar-refractivity contribution in [2.45, 2.75) is 40.0 Å². The molecule has 0 heterocycles. The Morgan fingerprint density at radius 3 is 2.50 bits per heavy atom.